The van der Waals surface area contributed by atoms with E-state index in [2.05, 4.69) is 33.0 Å². The topological polar surface area (TPSA) is 38.5 Å². The molecule has 0 radical (unpaired) electrons. The predicted molar refractivity (Wildman–Crippen MR) is 81.0 cm³/mol. The number of hydrogen-bond donors (Lipinski definition) is 1. The first-order valence-electron chi connectivity index (χ1n) is 7.13. The lowest BCUT2D eigenvalue weighted by atomic mass is 9.90. The molecule has 2 atom stereocenters. The van der Waals surface area contributed by atoms with Crippen LogP contribution in [-0.4, -0.2) is 30.2 Å². The van der Waals surface area contributed by atoms with E-state index in [1.165, 1.54) is 31.2 Å². The second-order valence-electron chi connectivity index (χ2n) is 5.57. The van der Waals surface area contributed by atoms with Crippen LogP contribution < -0.4 is 5.73 Å². The van der Waals surface area contributed by atoms with Gasteiger partial charge in [0.05, 0.1) is 12.7 Å². The van der Waals surface area contributed by atoms with E-state index in [1.807, 2.05) is 6.07 Å². The van der Waals surface area contributed by atoms with Crippen molar-refractivity contribution in [1.29, 1.82) is 0 Å². The Morgan fingerprint density at radius 2 is 2.16 bits per heavy atom. The van der Waals surface area contributed by atoms with Crippen LogP contribution in [0.2, 0.25) is 0 Å². The summed E-state index contributed by atoms with van der Waals surface area (Å²) in [5.74, 6) is 0. The standard InChI is InChI=1S/C15H21BrN2O/c16-12-6-5-11(13(17)9-12)10-18-7-8-19-15-4-2-1-3-14(15)18/h5-6,9,14-15H,1-4,7-8,10,17H2. The molecule has 1 aromatic rings. The lowest BCUT2D eigenvalue weighted by molar-refractivity contribution is -0.0910. The van der Waals surface area contributed by atoms with Crippen molar-refractivity contribution in [2.75, 3.05) is 18.9 Å². The highest BCUT2D eigenvalue weighted by atomic mass is 79.9. The third kappa shape index (κ3) is 2.96. The van der Waals surface area contributed by atoms with Crippen LogP contribution >= 0.6 is 15.9 Å². The molecule has 0 bridgehead atoms. The Kier molecular flexibility index (Phi) is 4.10. The van der Waals surface area contributed by atoms with Gasteiger partial charge in [-0.3, -0.25) is 4.90 Å². The van der Waals surface area contributed by atoms with Crippen molar-refractivity contribution in [3.05, 3.63) is 28.2 Å². The van der Waals surface area contributed by atoms with Crippen LogP contribution in [0.15, 0.2) is 22.7 Å². The summed E-state index contributed by atoms with van der Waals surface area (Å²) in [6, 6.07) is 6.79. The van der Waals surface area contributed by atoms with E-state index in [0.717, 1.165) is 29.9 Å². The van der Waals surface area contributed by atoms with Crippen LogP contribution in [-0.2, 0) is 11.3 Å². The van der Waals surface area contributed by atoms with Gasteiger partial charge in [-0.05, 0) is 30.5 Å². The molecule has 1 aromatic carbocycles. The largest absolute Gasteiger partial charge is 0.398 e. The number of nitrogen functional groups attached to an aromatic ring is 1. The zero-order valence-corrected chi connectivity index (χ0v) is 12.7. The highest BCUT2D eigenvalue weighted by Crippen LogP contribution is 2.30. The Labute approximate surface area is 123 Å². The van der Waals surface area contributed by atoms with Gasteiger partial charge in [0.1, 0.15) is 0 Å². The fourth-order valence-electron chi connectivity index (χ4n) is 3.30. The molecule has 104 valence electrons. The van der Waals surface area contributed by atoms with Gasteiger partial charge < -0.3 is 10.5 Å². The van der Waals surface area contributed by atoms with Crippen molar-refractivity contribution in [2.24, 2.45) is 0 Å². The molecular weight excluding hydrogens is 304 g/mol. The van der Waals surface area contributed by atoms with Gasteiger partial charge in [0.15, 0.2) is 0 Å². The summed E-state index contributed by atoms with van der Waals surface area (Å²) in [5.41, 5.74) is 8.23. The molecule has 1 saturated carbocycles. The van der Waals surface area contributed by atoms with Gasteiger partial charge in [-0.25, -0.2) is 0 Å². The molecule has 0 aromatic heterocycles. The van der Waals surface area contributed by atoms with Crippen LogP contribution in [0.4, 0.5) is 5.69 Å². The number of hydrogen-bond acceptors (Lipinski definition) is 3. The number of fused-ring (bicyclic) bond motifs is 1. The van der Waals surface area contributed by atoms with Crippen LogP contribution in [0.25, 0.3) is 0 Å². The Balaban J connectivity index is 1.74. The smallest absolute Gasteiger partial charge is 0.0731 e. The molecule has 2 N–H and O–H groups in total. The van der Waals surface area contributed by atoms with E-state index in [-0.39, 0.29) is 0 Å². The van der Waals surface area contributed by atoms with Crippen molar-refractivity contribution in [1.82, 2.24) is 4.90 Å². The van der Waals surface area contributed by atoms with E-state index in [0.29, 0.717) is 12.1 Å². The lowest BCUT2D eigenvalue weighted by Gasteiger charge is -2.44. The Bertz CT molecular complexity index is 450. The van der Waals surface area contributed by atoms with Crippen molar-refractivity contribution in [3.63, 3.8) is 0 Å². The minimum Gasteiger partial charge on any atom is -0.398 e. The molecule has 1 saturated heterocycles. The highest BCUT2D eigenvalue weighted by molar-refractivity contribution is 9.10. The van der Waals surface area contributed by atoms with Crippen molar-refractivity contribution < 1.29 is 4.74 Å². The first kappa shape index (κ1) is 13.4. The number of rotatable bonds is 2. The summed E-state index contributed by atoms with van der Waals surface area (Å²) in [6.07, 6.45) is 5.57. The molecule has 0 amide bonds. The van der Waals surface area contributed by atoms with Gasteiger partial charge in [-0.15, -0.1) is 0 Å². The number of benzene rings is 1. The zero-order valence-electron chi connectivity index (χ0n) is 11.1. The van der Waals surface area contributed by atoms with Crippen LogP contribution in [0.3, 0.4) is 0 Å². The van der Waals surface area contributed by atoms with E-state index in [4.69, 9.17) is 10.5 Å². The number of ether oxygens (including phenoxy) is 1. The summed E-state index contributed by atoms with van der Waals surface area (Å²) < 4.78 is 6.97. The fraction of sp³-hybridized carbons (Fsp3) is 0.600. The molecular formula is C15H21BrN2O. The van der Waals surface area contributed by atoms with Gasteiger partial charge in [-0.2, -0.15) is 0 Å². The van der Waals surface area contributed by atoms with Crippen LogP contribution in [0.5, 0.6) is 0 Å². The van der Waals surface area contributed by atoms with E-state index in [9.17, 15) is 0 Å². The number of nitrogens with zero attached hydrogens (tertiary/aromatic N) is 1. The maximum absolute atomic E-state index is 6.12. The Morgan fingerprint density at radius 1 is 1.32 bits per heavy atom. The van der Waals surface area contributed by atoms with Crippen LogP contribution in [0.1, 0.15) is 31.2 Å². The number of nitrogens with two attached hydrogens (primary N) is 1. The molecule has 3 nitrogen and oxygen atoms in total. The summed E-state index contributed by atoms with van der Waals surface area (Å²) in [7, 11) is 0. The Morgan fingerprint density at radius 3 is 3.00 bits per heavy atom. The van der Waals surface area contributed by atoms with E-state index < -0.39 is 0 Å². The molecule has 4 heteroatoms. The molecule has 19 heavy (non-hydrogen) atoms. The SMILES string of the molecule is Nc1cc(Br)ccc1CN1CCOC2CCCCC21. The minimum atomic E-state index is 0.444. The molecule has 1 aliphatic carbocycles. The van der Waals surface area contributed by atoms with Gasteiger partial charge in [0.2, 0.25) is 0 Å². The maximum Gasteiger partial charge on any atom is 0.0731 e. The highest BCUT2D eigenvalue weighted by Gasteiger charge is 2.34. The van der Waals surface area contributed by atoms with Crippen molar-refractivity contribution in [3.8, 4) is 0 Å². The number of anilines is 1. The zero-order chi connectivity index (χ0) is 13.2. The minimum absolute atomic E-state index is 0.444. The van der Waals surface area contributed by atoms with Crippen molar-refractivity contribution >= 4 is 21.6 Å². The summed E-state index contributed by atoms with van der Waals surface area (Å²) in [6.45, 7) is 2.83. The molecule has 2 aliphatic rings. The number of morpholine rings is 1. The summed E-state index contributed by atoms with van der Waals surface area (Å²) in [4.78, 5) is 2.56. The second kappa shape index (κ2) is 5.81. The number of halogens is 1. The normalized spacial score (nSPS) is 28.1. The van der Waals surface area contributed by atoms with Gasteiger partial charge in [0.25, 0.3) is 0 Å². The molecule has 2 fully saturated rings. The van der Waals surface area contributed by atoms with Crippen molar-refractivity contribution in [2.45, 2.75) is 44.4 Å². The average Bonchev–Trinajstić information content (AvgIpc) is 2.42. The van der Waals surface area contributed by atoms with Gasteiger partial charge >= 0.3 is 0 Å². The molecule has 2 unspecified atom stereocenters. The third-order valence-electron chi connectivity index (χ3n) is 4.33. The summed E-state index contributed by atoms with van der Waals surface area (Å²) >= 11 is 3.46. The summed E-state index contributed by atoms with van der Waals surface area (Å²) in [5, 5.41) is 0. The monoisotopic (exact) mass is 324 g/mol. The quantitative estimate of drug-likeness (QED) is 0.849. The van der Waals surface area contributed by atoms with E-state index >= 15 is 0 Å². The first-order chi connectivity index (χ1) is 9.24. The lowest BCUT2D eigenvalue weighted by Crippen LogP contribution is -2.52. The van der Waals surface area contributed by atoms with Crippen LogP contribution in [0, 0.1) is 0 Å². The predicted octanol–water partition coefficient (Wildman–Crippen LogP) is 3.17. The molecule has 1 heterocycles. The molecule has 3 rings (SSSR count). The average molecular weight is 325 g/mol. The van der Waals surface area contributed by atoms with Gasteiger partial charge in [0, 0.05) is 29.3 Å². The molecule has 0 spiro atoms. The fourth-order valence-corrected chi connectivity index (χ4v) is 3.68. The third-order valence-corrected chi connectivity index (χ3v) is 4.82. The van der Waals surface area contributed by atoms with Gasteiger partial charge in [-0.1, -0.05) is 34.8 Å². The second-order valence-corrected chi connectivity index (χ2v) is 6.49. The first-order valence-corrected chi connectivity index (χ1v) is 7.93. The maximum atomic E-state index is 6.12. The Hall–Kier alpha value is -0.580. The molecule has 1 aliphatic heterocycles. The van der Waals surface area contributed by atoms with E-state index in [1.54, 1.807) is 0 Å².